The van der Waals surface area contributed by atoms with Crippen LogP contribution in [0.4, 0.5) is 0 Å². The molecule has 29 heavy (non-hydrogen) atoms. The van der Waals surface area contributed by atoms with Gasteiger partial charge in [0.05, 0.1) is 0 Å². The second-order valence-corrected chi connectivity index (χ2v) is 5.91. The SMILES string of the molecule is C#CC(=O)O.C#CC(=O)O.C#CC(=O)O.[CH-]1CCCC2=C1CC1=C2CCCC1.[Ti]. The predicted molar refractivity (Wildman–Crippen MR) is 105 cm³/mol. The zero-order valence-corrected chi connectivity index (χ0v) is 17.6. The van der Waals surface area contributed by atoms with Crippen molar-refractivity contribution in [1.29, 1.82) is 0 Å². The fraction of sp³-hybridized carbons (Fsp3) is 0.364. The maximum atomic E-state index is 9.13. The van der Waals surface area contributed by atoms with Crippen molar-refractivity contribution < 1.29 is 51.4 Å². The molecular formula is C22H23O6Ti-. The van der Waals surface area contributed by atoms with E-state index >= 15 is 0 Å². The Bertz CT molecular complexity index is 697. The number of rotatable bonds is 0. The molecule has 0 amide bonds. The van der Waals surface area contributed by atoms with Gasteiger partial charge in [-0.15, -0.1) is 31.3 Å². The second kappa shape index (κ2) is 16.1. The Balaban J connectivity index is 0. The minimum Gasteiger partial charge on any atom is -0.472 e. The number of hydrogen-bond donors (Lipinski definition) is 3. The van der Waals surface area contributed by atoms with Crippen LogP contribution in [0.2, 0.25) is 0 Å². The molecule has 0 unspecified atom stereocenters. The number of carboxylic acids is 3. The first kappa shape index (κ1) is 28.4. The van der Waals surface area contributed by atoms with Crippen LogP contribution in [-0.4, -0.2) is 33.2 Å². The van der Waals surface area contributed by atoms with E-state index in [-0.39, 0.29) is 21.7 Å². The number of carbonyl (C=O) groups is 3. The molecule has 0 bridgehead atoms. The Hall–Kier alpha value is -2.85. The van der Waals surface area contributed by atoms with Gasteiger partial charge in [0.25, 0.3) is 0 Å². The van der Waals surface area contributed by atoms with E-state index in [0.717, 1.165) is 0 Å². The third-order valence-electron chi connectivity index (χ3n) is 4.13. The first-order valence-corrected chi connectivity index (χ1v) is 8.61. The predicted octanol–water partition coefficient (Wildman–Crippen LogP) is 3.06. The summed E-state index contributed by atoms with van der Waals surface area (Å²) in [6.07, 6.45) is 26.6. The fourth-order valence-electron chi connectivity index (χ4n) is 3.12. The van der Waals surface area contributed by atoms with E-state index in [1.165, 1.54) is 69.1 Å². The number of fused-ring (bicyclic) bond motifs is 1. The van der Waals surface area contributed by atoms with Gasteiger partial charge in [0, 0.05) is 39.5 Å². The molecule has 0 aromatic heterocycles. The van der Waals surface area contributed by atoms with Gasteiger partial charge in [-0.1, -0.05) is 24.8 Å². The van der Waals surface area contributed by atoms with E-state index in [1.807, 2.05) is 0 Å². The monoisotopic (exact) mass is 431 g/mol. The van der Waals surface area contributed by atoms with Crippen molar-refractivity contribution in [3.63, 3.8) is 0 Å². The van der Waals surface area contributed by atoms with Crippen molar-refractivity contribution in [1.82, 2.24) is 0 Å². The van der Waals surface area contributed by atoms with Gasteiger partial charge in [0.15, 0.2) is 0 Å². The molecule has 0 saturated carbocycles. The molecule has 0 radical (unpaired) electrons. The molecule has 152 valence electrons. The molecule has 0 aromatic carbocycles. The number of allylic oxidation sites excluding steroid dienone is 4. The third kappa shape index (κ3) is 12.3. The van der Waals surface area contributed by atoms with E-state index in [2.05, 4.69) is 25.7 Å². The number of terminal acetylenes is 3. The van der Waals surface area contributed by atoms with Gasteiger partial charge in [-0.05, 0) is 25.7 Å². The van der Waals surface area contributed by atoms with Gasteiger partial charge in [-0.25, -0.2) is 26.4 Å². The van der Waals surface area contributed by atoms with Crippen molar-refractivity contribution in [2.24, 2.45) is 0 Å². The smallest absolute Gasteiger partial charge is 0.381 e. The van der Waals surface area contributed by atoms with Crippen LogP contribution < -0.4 is 0 Å². The quantitative estimate of drug-likeness (QED) is 0.309. The fourth-order valence-corrected chi connectivity index (χ4v) is 3.12. The molecule has 3 N–H and O–H groups in total. The van der Waals surface area contributed by atoms with Crippen LogP contribution >= 0.6 is 0 Å². The Morgan fingerprint density at radius 2 is 1.17 bits per heavy atom. The molecule has 0 saturated heterocycles. The van der Waals surface area contributed by atoms with Crippen LogP contribution in [0.1, 0.15) is 51.4 Å². The summed E-state index contributed by atoms with van der Waals surface area (Å²) in [6, 6.07) is 0. The summed E-state index contributed by atoms with van der Waals surface area (Å²) < 4.78 is 0. The zero-order valence-electron chi connectivity index (χ0n) is 16.0. The van der Waals surface area contributed by atoms with Crippen LogP contribution in [-0.2, 0) is 36.1 Å². The molecule has 0 aromatic rings. The van der Waals surface area contributed by atoms with E-state index in [4.69, 9.17) is 29.7 Å². The maximum Gasteiger partial charge on any atom is 0.381 e. The van der Waals surface area contributed by atoms with Crippen LogP contribution in [0.3, 0.4) is 0 Å². The topological polar surface area (TPSA) is 112 Å². The molecule has 0 fully saturated rings. The molecule has 6 nitrogen and oxygen atoms in total. The van der Waals surface area contributed by atoms with E-state index < -0.39 is 17.9 Å². The van der Waals surface area contributed by atoms with Crippen LogP contribution in [0, 0.1) is 43.5 Å². The molecule has 0 heterocycles. The van der Waals surface area contributed by atoms with E-state index in [0.29, 0.717) is 0 Å². The maximum absolute atomic E-state index is 9.13. The minimum absolute atomic E-state index is 0. The Morgan fingerprint density at radius 3 is 1.62 bits per heavy atom. The summed E-state index contributed by atoms with van der Waals surface area (Å²) in [5.74, 6) is 0.681. The summed E-state index contributed by atoms with van der Waals surface area (Å²) >= 11 is 0. The second-order valence-electron chi connectivity index (χ2n) is 5.91. The van der Waals surface area contributed by atoms with Crippen LogP contribution in [0.5, 0.6) is 0 Å². The molecule has 0 spiro atoms. The largest absolute Gasteiger partial charge is 0.472 e. The molecule has 3 aliphatic rings. The standard InChI is InChI=1S/C13H17.3C3H2O2.Ti/c1-3-7-12-10(5-1)9-11-6-2-4-8-13(11)12;3*1-2-3(4)5;/h5H,1-4,6-9H2;3*1H,(H,4,5);/q-1;;;;. The molecule has 3 rings (SSSR count). The molecule has 7 heteroatoms. The Morgan fingerprint density at radius 1 is 0.759 bits per heavy atom. The van der Waals surface area contributed by atoms with Crippen molar-refractivity contribution in [3.8, 4) is 37.0 Å². The molecule has 0 atom stereocenters. The van der Waals surface area contributed by atoms with Gasteiger partial charge < -0.3 is 15.3 Å². The summed E-state index contributed by atoms with van der Waals surface area (Å²) in [6.45, 7) is 0. The van der Waals surface area contributed by atoms with Gasteiger partial charge in [-0.3, -0.25) is 0 Å². The average Bonchev–Trinajstić information content (AvgIpc) is 3.08. The summed E-state index contributed by atoms with van der Waals surface area (Å²) in [5.41, 5.74) is 7.06. The van der Waals surface area contributed by atoms with E-state index in [1.54, 1.807) is 22.3 Å². The van der Waals surface area contributed by atoms with Gasteiger partial charge in [0.2, 0.25) is 0 Å². The number of carboxylic acid groups (broad SMARTS) is 3. The molecule has 3 aliphatic carbocycles. The first-order chi connectivity index (χ1) is 13.3. The Kier molecular flexibility index (Phi) is 15.8. The molecule has 0 aliphatic heterocycles. The minimum atomic E-state index is -1.22. The number of aliphatic carboxylic acids is 3. The first-order valence-electron chi connectivity index (χ1n) is 8.61. The van der Waals surface area contributed by atoms with Gasteiger partial charge in [0.1, 0.15) is 0 Å². The summed E-state index contributed by atoms with van der Waals surface area (Å²) in [7, 11) is 0. The van der Waals surface area contributed by atoms with Crippen LogP contribution in [0.15, 0.2) is 22.3 Å². The van der Waals surface area contributed by atoms with Crippen molar-refractivity contribution >= 4 is 17.9 Å². The Labute approximate surface area is 186 Å². The average molecular weight is 431 g/mol. The third-order valence-corrected chi connectivity index (χ3v) is 4.13. The van der Waals surface area contributed by atoms with Crippen LogP contribution in [0.25, 0.3) is 0 Å². The van der Waals surface area contributed by atoms with Crippen molar-refractivity contribution in [2.45, 2.75) is 51.4 Å². The van der Waals surface area contributed by atoms with Gasteiger partial charge >= 0.3 is 17.9 Å². The normalized spacial score (nSPS) is 14.9. The summed E-state index contributed by atoms with van der Waals surface area (Å²) in [5, 5.41) is 22.5. The number of hydrogen-bond acceptors (Lipinski definition) is 3. The summed E-state index contributed by atoms with van der Waals surface area (Å²) in [4.78, 5) is 27.4. The van der Waals surface area contributed by atoms with Gasteiger partial charge in [-0.2, -0.15) is 5.57 Å². The van der Waals surface area contributed by atoms with Crippen molar-refractivity contribution in [3.05, 3.63) is 28.7 Å². The van der Waals surface area contributed by atoms with Crippen molar-refractivity contribution in [2.75, 3.05) is 0 Å². The molecular weight excluding hydrogens is 408 g/mol. The van der Waals surface area contributed by atoms with E-state index in [9.17, 15) is 0 Å². The zero-order chi connectivity index (χ0) is 21.5.